The number of rotatable bonds is 9. The van der Waals surface area contributed by atoms with E-state index in [4.69, 9.17) is 11.5 Å². The molecule has 218 valence electrons. The Morgan fingerprint density at radius 1 is 0.976 bits per heavy atom. The lowest BCUT2D eigenvalue weighted by Gasteiger charge is -2.32. The molecule has 1 saturated carbocycles. The molecule has 5 N–H and O–H groups in total. The summed E-state index contributed by atoms with van der Waals surface area (Å²) in [4.78, 5) is 39.7. The van der Waals surface area contributed by atoms with Crippen molar-refractivity contribution in [3.05, 3.63) is 66.5 Å². The Morgan fingerprint density at radius 2 is 1.69 bits per heavy atom. The van der Waals surface area contributed by atoms with Crippen LogP contribution >= 0.6 is 0 Å². The molecule has 1 aliphatic rings. The van der Waals surface area contributed by atoms with Gasteiger partial charge in [-0.25, -0.2) is 14.9 Å². The van der Waals surface area contributed by atoms with Crippen molar-refractivity contribution in [2.75, 3.05) is 30.4 Å². The first-order valence-corrected chi connectivity index (χ1v) is 14.1. The Bertz CT molecular complexity index is 1480. The largest absolute Gasteiger partial charge is 0.347 e. The number of anilines is 2. The van der Waals surface area contributed by atoms with Gasteiger partial charge in [0.15, 0.2) is 0 Å². The molecule has 5 rings (SSSR count). The van der Waals surface area contributed by atoms with Crippen molar-refractivity contribution in [2.45, 2.75) is 38.1 Å². The van der Waals surface area contributed by atoms with Crippen LogP contribution in [0.4, 0.5) is 11.6 Å². The van der Waals surface area contributed by atoms with Crippen LogP contribution in [0, 0.1) is 11.8 Å². The number of nitrogens with two attached hydrogens (primary N) is 2. The lowest BCUT2D eigenvalue weighted by Crippen LogP contribution is -2.50. The fourth-order valence-corrected chi connectivity index (χ4v) is 5.32. The summed E-state index contributed by atoms with van der Waals surface area (Å²) in [5.74, 6) is 0.501. The zero-order valence-corrected chi connectivity index (χ0v) is 23.8. The predicted molar refractivity (Wildman–Crippen MR) is 160 cm³/mol. The van der Waals surface area contributed by atoms with Crippen LogP contribution in [0.2, 0.25) is 0 Å². The monoisotopic (exact) mass is 568 g/mol. The molecule has 0 bridgehead atoms. The Morgan fingerprint density at radius 3 is 2.31 bits per heavy atom. The van der Waals surface area contributed by atoms with E-state index in [9.17, 15) is 9.59 Å². The third kappa shape index (κ3) is 6.50. The average molecular weight is 569 g/mol. The van der Waals surface area contributed by atoms with Crippen LogP contribution in [-0.4, -0.2) is 69.1 Å². The molecular weight excluding hydrogens is 532 g/mol. The summed E-state index contributed by atoms with van der Waals surface area (Å²) in [6.45, 7) is 0.608. The molecular formula is C30H36N10O2. The molecule has 1 aliphatic carbocycles. The molecule has 4 aromatic rings. The van der Waals surface area contributed by atoms with Gasteiger partial charge < -0.3 is 16.4 Å². The third-order valence-electron chi connectivity index (χ3n) is 7.77. The summed E-state index contributed by atoms with van der Waals surface area (Å²) in [5.41, 5.74) is 16.2. The Hall–Kier alpha value is -4.55. The molecule has 2 aromatic heterocycles. The Kier molecular flexibility index (Phi) is 8.94. The van der Waals surface area contributed by atoms with Gasteiger partial charge in [-0.15, -0.1) is 10.2 Å². The van der Waals surface area contributed by atoms with Crippen LogP contribution in [0.25, 0.3) is 22.5 Å². The van der Waals surface area contributed by atoms with Gasteiger partial charge in [0.25, 0.3) is 5.91 Å². The summed E-state index contributed by atoms with van der Waals surface area (Å²) >= 11 is 0. The highest BCUT2D eigenvalue weighted by molar-refractivity contribution is 6.17. The zero-order valence-electron chi connectivity index (χ0n) is 23.8. The van der Waals surface area contributed by atoms with Crippen molar-refractivity contribution in [2.24, 2.45) is 23.3 Å². The van der Waals surface area contributed by atoms with Gasteiger partial charge in [-0.3, -0.25) is 9.59 Å². The number of H-pyrrole nitrogens is 1. The van der Waals surface area contributed by atoms with Crippen molar-refractivity contribution < 1.29 is 9.59 Å². The number of hydrogen-bond donors (Lipinski definition) is 3. The number of hydrogen-bond acceptors (Lipinski definition) is 10. The van der Waals surface area contributed by atoms with Crippen LogP contribution < -0.4 is 21.3 Å². The number of carbonyl (C=O) groups is 2. The summed E-state index contributed by atoms with van der Waals surface area (Å²) in [6, 6.07) is 13.8. The predicted octanol–water partition coefficient (Wildman–Crippen LogP) is 2.58. The van der Waals surface area contributed by atoms with Crippen molar-refractivity contribution in [3.63, 3.8) is 0 Å². The fraction of sp³-hybridized carbons (Fsp3) is 0.367. The minimum absolute atomic E-state index is 0.231. The number of benzene rings is 2. The molecule has 1 atom stereocenters. The molecule has 1 fully saturated rings. The number of nitrogens with zero attached hydrogens (tertiary/aromatic N) is 7. The molecule has 12 heteroatoms. The summed E-state index contributed by atoms with van der Waals surface area (Å²) in [5, 5.41) is 14.0. The lowest BCUT2D eigenvalue weighted by atomic mass is 9.81. The number of imide groups is 1. The number of tetrazole rings is 1. The van der Waals surface area contributed by atoms with Crippen molar-refractivity contribution in [1.29, 1.82) is 0 Å². The van der Waals surface area contributed by atoms with E-state index in [0.29, 0.717) is 48.3 Å². The van der Waals surface area contributed by atoms with Crippen LogP contribution in [-0.2, 0) is 16.0 Å². The van der Waals surface area contributed by atoms with Crippen molar-refractivity contribution in [3.8, 4) is 22.5 Å². The highest BCUT2D eigenvalue weighted by Crippen LogP contribution is 2.32. The van der Waals surface area contributed by atoms with Gasteiger partial charge in [0.05, 0.1) is 11.7 Å². The summed E-state index contributed by atoms with van der Waals surface area (Å²) in [7, 11) is 3.77. The van der Waals surface area contributed by atoms with Crippen LogP contribution in [0.3, 0.4) is 0 Å². The van der Waals surface area contributed by atoms with Gasteiger partial charge in [0.1, 0.15) is 0 Å². The van der Waals surface area contributed by atoms with E-state index in [1.165, 1.54) is 4.90 Å². The highest BCUT2D eigenvalue weighted by Gasteiger charge is 2.35. The third-order valence-corrected chi connectivity index (χ3v) is 7.77. The first-order valence-electron chi connectivity index (χ1n) is 14.1. The summed E-state index contributed by atoms with van der Waals surface area (Å²) in [6.07, 6.45) is 6.91. The fourth-order valence-electron chi connectivity index (χ4n) is 5.32. The smallest absolute Gasteiger partial charge is 0.251 e. The van der Waals surface area contributed by atoms with Gasteiger partial charge >= 0.3 is 0 Å². The molecule has 0 saturated heterocycles. The standard InChI is InChI=1S/C30H36N10O2/c1-39(2)30-33-17-24(18-34-30)23-5-3-4-20(14-23)15-26(32)29(42)40(28(41)22-8-6-19(16-31)7-9-22)25-12-10-21(11-13-25)27-35-37-38-36-27/h3-5,10-14,17-19,22,26H,6-9,15-16,31-32H2,1-2H3,(H,35,36,37,38)/t19?,22?,26-/m0/s1. The maximum Gasteiger partial charge on any atom is 0.251 e. The lowest BCUT2D eigenvalue weighted by molar-refractivity contribution is -0.130. The van der Waals surface area contributed by atoms with Crippen molar-refractivity contribution in [1.82, 2.24) is 30.6 Å². The minimum atomic E-state index is -0.936. The minimum Gasteiger partial charge on any atom is -0.347 e. The number of amides is 2. The van der Waals surface area contributed by atoms with E-state index in [2.05, 4.69) is 30.6 Å². The van der Waals surface area contributed by atoms with Gasteiger partial charge in [0, 0.05) is 43.5 Å². The molecule has 2 aromatic carbocycles. The molecule has 0 aliphatic heterocycles. The van der Waals surface area contributed by atoms with Gasteiger partial charge in [-0.1, -0.05) is 24.3 Å². The number of carbonyl (C=O) groups excluding carboxylic acids is 2. The zero-order chi connectivity index (χ0) is 29.6. The maximum absolute atomic E-state index is 13.9. The second kappa shape index (κ2) is 13.0. The molecule has 42 heavy (non-hydrogen) atoms. The number of nitrogens with one attached hydrogen (secondary N) is 1. The van der Waals surface area contributed by atoms with Crippen LogP contribution in [0.15, 0.2) is 60.9 Å². The van der Waals surface area contributed by atoms with E-state index in [-0.39, 0.29) is 18.2 Å². The normalized spacial score (nSPS) is 17.4. The SMILES string of the molecule is CN(C)c1ncc(-c2cccc(C[C@H](N)C(=O)N(C(=O)C3CCC(CN)CC3)c3ccc(-c4nn[nH]n4)cc3)c2)cn1. The van der Waals surface area contributed by atoms with Gasteiger partial charge in [-0.05, 0) is 85.2 Å². The molecule has 0 spiro atoms. The molecule has 0 radical (unpaired) electrons. The Balaban J connectivity index is 1.37. The van der Waals surface area contributed by atoms with Gasteiger partial charge in [0.2, 0.25) is 17.7 Å². The quantitative estimate of drug-likeness (QED) is 0.272. The van der Waals surface area contributed by atoms with E-state index in [1.54, 1.807) is 36.7 Å². The Labute approximate surface area is 244 Å². The van der Waals surface area contributed by atoms with Crippen LogP contribution in [0.5, 0.6) is 0 Å². The molecule has 12 nitrogen and oxygen atoms in total. The second-order valence-corrected chi connectivity index (χ2v) is 10.9. The van der Waals surface area contributed by atoms with E-state index < -0.39 is 11.9 Å². The summed E-state index contributed by atoms with van der Waals surface area (Å²) < 4.78 is 0. The first-order chi connectivity index (χ1) is 20.3. The molecule has 2 amide bonds. The van der Waals surface area contributed by atoms with E-state index >= 15 is 0 Å². The number of aromatic amines is 1. The van der Waals surface area contributed by atoms with E-state index in [1.807, 2.05) is 43.3 Å². The average Bonchev–Trinajstić information content (AvgIpc) is 3.57. The second-order valence-electron chi connectivity index (χ2n) is 10.9. The topological polar surface area (TPSA) is 173 Å². The van der Waals surface area contributed by atoms with E-state index in [0.717, 1.165) is 29.5 Å². The van der Waals surface area contributed by atoms with Crippen molar-refractivity contribution >= 4 is 23.5 Å². The maximum atomic E-state index is 13.9. The first kappa shape index (κ1) is 29.0. The molecule has 2 heterocycles. The number of aromatic nitrogens is 6. The molecule has 0 unspecified atom stereocenters. The highest BCUT2D eigenvalue weighted by atomic mass is 16.2. The van der Waals surface area contributed by atoms with Gasteiger partial charge in [-0.2, -0.15) is 5.21 Å². The van der Waals surface area contributed by atoms with Crippen LogP contribution in [0.1, 0.15) is 31.2 Å².